The van der Waals surface area contributed by atoms with E-state index in [-0.39, 0.29) is 69.3 Å². The Labute approximate surface area is 316 Å². The van der Waals surface area contributed by atoms with E-state index >= 15 is 0 Å². The number of carbonyl (C=O) groups excluding carboxylic acids is 5. The number of halogens is 1. The molecule has 0 spiro atoms. The van der Waals surface area contributed by atoms with Crippen LogP contribution in [0.3, 0.4) is 0 Å². The van der Waals surface area contributed by atoms with Gasteiger partial charge < -0.3 is 49.9 Å². The molecule has 52 heavy (non-hydrogen) atoms. The van der Waals surface area contributed by atoms with Crippen molar-refractivity contribution in [1.29, 1.82) is 0 Å². The molecule has 0 saturated carbocycles. The van der Waals surface area contributed by atoms with Gasteiger partial charge in [-0.1, -0.05) is 66.7 Å². The van der Waals surface area contributed by atoms with Crippen LogP contribution in [0, 0.1) is 5.92 Å². The van der Waals surface area contributed by atoms with E-state index in [9.17, 15) is 24.0 Å². The lowest BCUT2D eigenvalue weighted by atomic mass is 10.0. The molecule has 0 fully saturated rings. The summed E-state index contributed by atoms with van der Waals surface area (Å²) in [5.74, 6) is -3.26. The first-order valence-electron chi connectivity index (χ1n) is 18.4. The first-order chi connectivity index (χ1) is 24.3. The van der Waals surface area contributed by atoms with Crippen LogP contribution in [0.1, 0.15) is 125 Å². The highest BCUT2D eigenvalue weighted by Crippen LogP contribution is 2.11. The number of ketones is 1. The number of nitrogens with zero attached hydrogens (tertiary/aromatic N) is 2. The summed E-state index contributed by atoms with van der Waals surface area (Å²) in [5.41, 5.74) is 27.3. The first kappa shape index (κ1) is 50.4. The van der Waals surface area contributed by atoms with Crippen molar-refractivity contribution in [2.24, 2.45) is 44.6 Å². The number of guanidine groups is 2. The molecule has 0 saturated heterocycles. The Balaban J connectivity index is 0. The maximum absolute atomic E-state index is 13.7. The van der Waals surface area contributed by atoms with Gasteiger partial charge in [-0.25, -0.2) is 0 Å². The van der Waals surface area contributed by atoms with Crippen LogP contribution >= 0.6 is 11.6 Å². The molecule has 0 aliphatic carbocycles. The number of hydrogen-bond donors (Lipinski definition) is 9. The second kappa shape index (κ2) is 30.9. The molecule has 14 N–H and O–H groups in total. The van der Waals surface area contributed by atoms with Crippen LogP contribution in [0.2, 0.25) is 0 Å². The summed E-state index contributed by atoms with van der Waals surface area (Å²) in [7, 11) is 0. The highest BCUT2D eigenvalue weighted by molar-refractivity contribution is 6.28. The SMILES string of the molecule is C.CCCCCCCCCC(=O)N[C@@H](CCCN=C(N)N)C(=O)N[C@H](C(=O)N[C@@H](CCCN=C(N)N)C(=O)N[C@@H](CCCCN)C(=O)CCl)C(C)C. The van der Waals surface area contributed by atoms with Gasteiger partial charge in [0, 0.05) is 19.5 Å². The molecule has 16 nitrogen and oxygen atoms in total. The van der Waals surface area contributed by atoms with Crippen molar-refractivity contribution in [3.63, 3.8) is 0 Å². The smallest absolute Gasteiger partial charge is 0.243 e. The topological polar surface area (TPSA) is 288 Å². The van der Waals surface area contributed by atoms with Crippen LogP contribution in [-0.2, 0) is 24.0 Å². The van der Waals surface area contributed by atoms with Crippen molar-refractivity contribution in [1.82, 2.24) is 21.3 Å². The Kier molecular flexibility index (Phi) is 30.0. The van der Waals surface area contributed by atoms with Crippen LogP contribution in [0.5, 0.6) is 0 Å². The number of nitrogens with two attached hydrogens (primary N) is 5. The largest absolute Gasteiger partial charge is 0.370 e. The van der Waals surface area contributed by atoms with Crippen molar-refractivity contribution < 1.29 is 24.0 Å². The number of aliphatic imine (C=N–C) groups is 2. The van der Waals surface area contributed by atoms with Crippen molar-refractivity contribution in [3.8, 4) is 0 Å². The molecule has 0 unspecified atom stereocenters. The second-order valence-corrected chi connectivity index (χ2v) is 13.4. The fourth-order valence-electron chi connectivity index (χ4n) is 5.28. The van der Waals surface area contributed by atoms with Gasteiger partial charge in [0.1, 0.15) is 18.1 Å². The minimum Gasteiger partial charge on any atom is -0.370 e. The third kappa shape index (κ3) is 24.5. The zero-order chi connectivity index (χ0) is 38.6. The lowest BCUT2D eigenvalue weighted by Gasteiger charge is -2.28. The fourth-order valence-corrected chi connectivity index (χ4v) is 5.46. The minimum atomic E-state index is -1.08. The summed E-state index contributed by atoms with van der Waals surface area (Å²) in [6.45, 7) is 6.55. The van der Waals surface area contributed by atoms with Gasteiger partial charge in [0.25, 0.3) is 0 Å². The average molecular weight is 760 g/mol. The number of rotatable bonds is 30. The van der Waals surface area contributed by atoms with Gasteiger partial charge in [0.2, 0.25) is 23.6 Å². The van der Waals surface area contributed by atoms with Crippen molar-refractivity contribution in [2.45, 2.75) is 149 Å². The summed E-state index contributed by atoms with van der Waals surface area (Å²) in [4.78, 5) is 74.1. The summed E-state index contributed by atoms with van der Waals surface area (Å²) in [5, 5.41) is 11.1. The molecule has 0 aromatic rings. The van der Waals surface area contributed by atoms with Gasteiger partial charge in [-0.15, -0.1) is 11.6 Å². The molecule has 0 rings (SSSR count). The third-order valence-electron chi connectivity index (χ3n) is 8.21. The summed E-state index contributed by atoms with van der Waals surface area (Å²) >= 11 is 5.81. The number of unbranched alkanes of at least 4 members (excludes halogenated alkanes) is 7. The standard InChI is InChI=1S/C34H66ClN11O5.CH4/c1-4-5-6-7-8-9-10-18-28(48)43-25(16-13-20-41-33(37)38)31(50)46-29(23(2)3)32(51)45-26(17-14-21-42-34(39)40)30(49)44-24(27(47)22-35)15-11-12-19-36;/h23-26,29H,4-22,36H2,1-3H3,(H,43,48)(H,44,49)(H,45,51)(H,46,50)(H4,37,38,41)(H4,39,40,42);1H4/t24-,25-,26-,29-;/m0./s1. The lowest BCUT2D eigenvalue weighted by molar-refractivity contribution is -0.135. The Bertz CT molecular complexity index is 1100. The molecule has 0 aliphatic rings. The van der Waals surface area contributed by atoms with Gasteiger partial charge in [-0.05, 0) is 63.8 Å². The predicted molar refractivity (Wildman–Crippen MR) is 210 cm³/mol. The summed E-state index contributed by atoms with van der Waals surface area (Å²) in [6.07, 6.45) is 10.3. The number of amides is 4. The Morgan fingerprint density at radius 3 is 1.60 bits per heavy atom. The number of hydrogen-bond acceptors (Lipinski definition) is 8. The predicted octanol–water partition coefficient (Wildman–Crippen LogP) is 1.40. The highest BCUT2D eigenvalue weighted by Gasteiger charge is 2.32. The normalized spacial score (nSPS) is 13.0. The number of alkyl halides is 1. The van der Waals surface area contributed by atoms with E-state index in [4.69, 9.17) is 40.3 Å². The molecule has 0 aromatic heterocycles. The van der Waals surface area contributed by atoms with E-state index in [1.165, 1.54) is 19.3 Å². The van der Waals surface area contributed by atoms with Gasteiger partial charge in [0.15, 0.2) is 17.7 Å². The van der Waals surface area contributed by atoms with Crippen LogP contribution in [0.15, 0.2) is 9.98 Å². The molecular weight excluding hydrogens is 690 g/mol. The van der Waals surface area contributed by atoms with Crippen molar-refractivity contribution in [2.75, 3.05) is 25.5 Å². The van der Waals surface area contributed by atoms with Gasteiger partial charge >= 0.3 is 0 Å². The van der Waals surface area contributed by atoms with E-state index in [2.05, 4.69) is 38.2 Å². The third-order valence-corrected chi connectivity index (χ3v) is 8.48. The molecule has 0 aliphatic heterocycles. The summed E-state index contributed by atoms with van der Waals surface area (Å²) < 4.78 is 0. The Morgan fingerprint density at radius 2 is 1.10 bits per heavy atom. The van der Waals surface area contributed by atoms with E-state index in [1.54, 1.807) is 13.8 Å². The second-order valence-electron chi connectivity index (χ2n) is 13.1. The van der Waals surface area contributed by atoms with Gasteiger partial charge in [-0.2, -0.15) is 0 Å². The van der Waals surface area contributed by atoms with Crippen LogP contribution in [-0.4, -0.2) is 91.0 Å². The molecule has 4 amide bonds. The van der Waals surface area contributed by atoms with Crippen molar-refractivity contribution in [3.05, 3.63) is 0 Å². The van der Waals surface area contributed by atoms with E-state index in [1.807, 2.05) is 0 Å². The zero-order valence-electron chi connectivity index (χ0n) is 31.0. The zero-order valence-corrected chi connectivity index (χ0v) is 31.8. The monoisotopic (exact) mass is 760 g/mol. The minimum absolute atomic E-state index is 0. The van der Waals surface area contributed by atoms with E-state index in [0.29, 0.717) is 45.1 Å². The molecule has 0 aromatic carbocycles. The highest BCUT2D eigenvalue weighted by atomic mass is 35.5. The molecule has 0 heterocycles. The summed E-state index contributed by atoms with van der Waals surface area (Å²) in [6, 6.07) is -3.94. The fraction of sp³-hybridized carbons (Fsp3) is 0.800. The number of carbonyl (C=O) groups is 5. The van der Waals surface area contributed by atoms with Gasteiger partial charge in [0.05, 0.1) is 11.9 Å². The molecule has 0 bridgehead atoms. The van der Waals surface area contributed by atoms with Crippen LogP contribution < -0.4 is 49.9 Å². The Hall–Kier alpha value is -3.66. The lowest BCUT2D eigenvalue weighted by Crippen LogP contribution is -2.59. The molecule has 302 valence electrons. The molecule has 17 heteroatoms. The van der Waals surface area contributed by atoms with Gasteiger partial charge in [-0.3, -0.25) is 34.0 Å². The number of nitrogens with one attached hydrogen (secondary N) is 4. The average Bonchev–Trinajstić information content (AvgIpc) is 3.07. The maximum Gasteiger partial charge on any atom is 0.243 e. The number of Topliss-reactive ketones (excluding diaryl/α,β-unsaturated/α-hetero) is 1. The Morgan fingerprint density at radius 1 is 0.615 bits per heavy atom. The maximum atomic E-state index is 13.7. The van der Waals surface area contributed by atoms with Crippen LogP contribution in [0.25, 0.3) is 0 Å². The first-order valence-corrected chi connectivity index (χ1v) is 18.9. The van der Waals surface area contributed by atoms with E-state index < -0.39 is 47.8 Å². The van der Waals surface area contributed by atoms with Crippen LogP contribution in [0.4, 0.5) is 0 Å². The molecule has 0 radical (unpaired) electrons. The quantitative estimate of drug-likeness (QED) is 0.0220. The van der Waals surface area contributed by atoms with Crippen molar-refractivity contribution >= 4 is 52.9 Å². The molecule has 4 atom stereocenters. The van der Waals surface area contributed by atoms with E-state index in [0.717, 1.165) is 19.3 Å². The molecular formula is C35H70ClN11O5.